The molecular weight excluding hydrogens is 254 g/mol. The molecule has 0 aliphatic carbocycles. The number of hydrogen-bond acceptors (Lipinski definition) is 3. The summed E-state index contributed by atoms with van der Waals surface area (Å²) >= 11 is 0. The second-order valence-corrected chi connectivity index (χ2v) is 5.24. The second-order valence-electron chi connectivity index (χ2n) is 5.24. The van der Waals surface area contributed by atoms with Crippen LogP contribution < -0.4 is 5.56 Å². The molecule has 0 aliphatic heterocycles. The Morgan fingerprint density at radius 3 is 3.00 bits per heavy atom. The minimum atomic E-state index is -0.182. The molecule has 0 spiro atoms. The summed E-state index contributed by atoms with van der Waals surface area (Å²) < 4.78 is 3.97. The van der Waals surface area contributed by atoms with E-state index in [0.717, 1.165) is 12.1 Å². The van der Waals surface area contributed by atoms with Gasteiger partial charge in [0.05, 0.1) is 6.33 Å². The van der Waals surface area contributed by atoms with Crippen LogP contribution in [0, 0.1) is 0 Å². The Bertz CT molecular complexity index is 782. The molecule has 0 amide bonds. The van der Waals surface area contributed by atoms with E-state index in [0.29, 0.717) is 17.3 Å². The van der Waals surface area contributed by atoms with E-state index in [9.17, 15) is 4.79 Å². The van der Waals surface area contributed by atoms with Crippen molar-refractivity contribution >= 4 is 16.9 Å². The van der Waals surface area contributed by atoms with Gasteiger partial charge in [-0.3, -0.25) is 14.2 Å². The van der Waals surface area contributed by atoms with Crippen LogP contribution in [-0.4, -0.2) is 23.9 Å². The molecule has 0 radical (unpaired) electrons. The minimum absolute atomic E-state index is 0.182. The van der Waals surface area contributed by atoms with Gasteiger partial charge in [0.2, 0.25) is 5.78 Å². The van der Waals surface area contributed by atoms with E-state index in [-0.39, 0.29) is 5.56 Å². The van der Waals surface area contributed by atoms with Gasteiger partial charge < -0.3 is 4.57 Å². The normalized spacial score (nSPS) is 13.3. The molecule has 0 saturated heterocycles. The molecule has 20 heavy (non-hydrogen) atoms. The molecule has 1 N–H and O–H groups in total. The smallest absolute Gasteiger partial charge is 0.280 e. The molecule has 6 heteroatoms. The summed E-state index contributed by atoms with van der Waals surface area (Å²) in [5, 5.41) is 0. The molecule has 1 unspecified atom stereocenters. The molecule has 0 bridgehead atoms. The molecule has 6 nitrogen and oxygen atoms in total. The highest BCUT2D eigenvalue weighted by Crippen LogP contribution is 2.20. The van der Waals surface area contributed by atoms with Gasteiger partial charge in [-0.2, -0.15) is 0 Å². The highest BCUT2D eigenvalue weighted by Gasteiger charge is 2.15. The van der Waals surface area contributed by atoms with Gasteiger partial charge in [0, 0.05) is 18.4 Å². The zero-order valence-corrected chi connectivity index (χ0v) is 11.8. The van der Waals surface area contributed by atoms with Crippen LogP contribution >= 0.6 is 0 Å². The summed E-state index contributed by atoms with van der Waals surface area (Å²) in [5.41, 5.74) is 1.11. The summed E-state index contributed by atoms with van der Waals surface area (Å²) in [6.07, 6.45) is 10.0. The maximum absolute atomic E-state index is 12.0. The van der Waals surface area contributed by atoms with Crippen LogP contribution in [0.2, 0.25) is 0 Å². The van der Waals surface area contributed by atoms with Crippen LogP contribution in [0.15, 0.2) is 23.5 Å². The Morgan fingerprint density at radius 2 is 2.20 bits per heavy atom. The van der Waals surface area contributed by atoms with E-state index in [1.807, 2.05) is 10.6 Å². The number of nitrogens with zero attached hydrogens (tertiary/aromatic N) is 4. The van der Waals surface area contributed by atoms with Crippen molar-refractivity contribution in [2.75, 3.05) is 0 Å². The van der Waals surface area contributed by atoms with Gasteiger partial charge in [-0.15, -0.1) is 0 Å². The Morgan fingerprint density at radius 1 is 1.35 bits per heavy atom. The van der Waals surface area contributed by atoms with Gasteiger partial charge in [-0.05, 0) is 13.3 Å². The van der Waals surface area contributed by atoms with Crippen LogP contribution in [0.3, 0.4) is 0 Å². The first-order valence-electron chi connectivity index (χ1n) is 7.14. The lowest BCUT2D eigenvalue weighted by Gasteiger charge is -2.14. The summed E-state index contributed by atoms with van der Waals surface area (Å²) in [5.74, 6) is 0.560. The van der Waals surface area contributed by atoms with E-state index < -0.39 is 0 Å². The van der Waals surface area contributed by atoms with Crippen molar-refractivity contribution in [3.8, 4) is 0 Å². The van der Waals surface area contributed by atoms with Crippen LogP contribution in [0.4, 0.5) is 0 Å². The first-order valence-corrected chi connectivity index (χ1v) is 7.14. The Hall–Kier alpha value is -2.11. The molecule has 1 atom stereocenters. The molecule has 3 heterocycles. The summed E-state index contributed by atoms with van der Waals surface area (Å²) in [6, 6.07) is 0.318. The van der Waals surface area contributed by atoms with E-state index in [2.05, 4.69) is 33.4 Å². The van der Waals surface area contributed by atoms with Gasteiger partial charge in [0.25, 0.3) is 5.56 Å². The number of aromatic amines is 1. The van der Waals surface area contributed by atoms with Gasteiger partial charge in [0.15, 0.2) is 11.2 Å². The monoisotopic (exact) mass is 273 g/mol. The van der Waals surface area contributed by atoms with Gasteiger partial charge in [-0.25, -0.2) is 9.97 Å². The molecule has 0 fully saturated rings. The first-order chi connectivity index (χ1) is 9.72. The molecule has 3 aromatic heterocycles. The van der Waals surface area contributed by atoms with E-state index in [1.165, 1.54) is 19.3 Å². The number of hydrogen-bond donors (Lipinski definition) is 1. The van der Waals surface area contributed by atoms with Crippen molar-refractivity contribution in [3.63, 3.8) is 0 Å². The molecule has 0 saturated carbocycles. The molecule has 106 valence electrons. The molecule has 3 aromatic rings. The van der Waals surface area contributed by atoms with Crippen molar-refractivity contribution in [2.45, 2.75) is 45.6 Å². The molecular formula is C14H19N5O. The average molecular weight is 273 g/mol. The van der Waals surface area contributed by atoms with E-state index in [1.54, 1.807) is 12.5 Å². The Balaban J connectivity index is 2.09. The van der Waals surface area contributed by atoms with Crippen molar-refractivity contribution in [3.05, 3.63) is 29.1 Å². The van der Waals surface area contributed by atoms with Gasteiger partial charge >= 0.3 is 0 Å². The maximum Gasteiger partial charge on any atom is 0.280 e. The number of unbranched alkanes of at least 4 members (excludes halogenated alkanes) is 2. The van der Waals surface area contributed by atoms with Crippen molar-refractivity contribution in [1.29, 1.82) is 0 Å². The third-order valence-electron chi connectivity index (χ3n) is 3.78. The zero-order chi connectivity index (χ0) is 14.1. The zero-order valence-electron chi connectivity index (χ0n) is 11.8. The summed E-state index contributed by atoms with van der Waals surface area (Å²) in [4.78, 5) is 23.2. The Kier molecular flexibility index (Phi) is 3.30. The predicted octanol–water partition coefficient (Wildman–Crippen LogP) is 2.51. The quantitative estimate of drug-likeness (QED) is 0.726. The number of H-pyrrole nitrogens is 1. The fraction of sp³-hybridized carbons (Fsp3) is 0.500. The number of imidazole rings is 2. The van der Waals surface area contributed by atoms with Crippen LogP contribution in [0.1, 0.15) is 45.6 Å². The predicted molar refractivity (Wildman–Crippen MR) is 78.0 cm³/mol. The first kappa shape index (κ1) is 12.9. The minimum Gasteiger partial charge on any atom is -0.313 e. The fourth-order valence-electron chi connectivity index (χ4n) is 2.63. The van der Waals surface area contributed by atoms with E-state index >= 15 is 0 Å². The number of rotatable bonds is 5. The largest absolute Gasteiger partial charge is 0.313 e. The molecule has 0 aromatic carbocycles. The van der Waals surface area contributed by atoms with Crippen molar-refractivity contribution in [1.82, 2.24) is 23.9 Å². The highest BCUT2D eigenvalue weighted by molar-refractivity contribution is 5.72. The molecule has 3 rings (SSSR count). The van der Waals surface area contributed by atoms with Crippen molar-refractivity contribution < 1.29 is 0 Å². The molecule has 0 aliphatic rings. The average Bonchev–Trinajstić information content (AvgIpc) is 3.04. The van der Waals surface area contributed by atoms with Crippen LogP contribution in [0.5, 0.6) is 0 Å². The van der Waals surface area contributed by atoms with Gasteiger partial charge in [0.1, 0.15) is 0 Å². The van der Waals surface area contributed by atoms with Crippen molar-refractivity contribution in [2.24, 2.45) is 0 Å². The fourth-order valence-corrected chi connectivity index (χ4v) is 2.63. The van der Waals surface area contributed by atoms with Gasteiger partial charge in [-0.1, -0.05) is 26.2 Å². The van der Waals surface area contributed by atoms with Crippen LogP contribution in [0.25, 0.3) is 16.9 Å². The Labute approximate surface area is 116 Å². The number of nitrogens with one attached hydrogen (secondary N) is 1. The summed E-state index contributed by atoms with van der Waals surface area (Å²) in [7, 11) is 0. The second kappa shape index (κ2) is 5.11. The topological polar surface area (TPSA) is 68.0 Å². The van der Waals surface area contributed by atoms with E-state index in [4.69, 9.17) is 0 Å². The van der Waals surface area contributed by atoms with Crippen LogP contribution in [-0.2, 0) is 0 Å². The lowest BCUT2D eigenvalue weighted by molar-refractivity contribution is 0.484. The lowest BCUT2D eigenvalue weighted by atomic mass is 10.1. The summed E-state index contributed by atoms with van der Waals surface area (Å²) in [6.45, 7) is 4.37. The maximum atomic E-state index is 12.0. The lowest BCUT2D eigenvalue weighted by Crippen LogP contribution is -2.12. The number of aromatic nitrogens is 5. The highest BCUT2D eigenvalue weighted by atomic mass is 16.1. The third-order valence-corrected chi connectivity index (χ3v) is 3.78. The number of fused-ring (bicyclic) bond motifs is 3. The third kappa shape index (κ3) is 2.01. The standard InChI is InChI=1S/C14H19N5O/c1-3-4-5-6-10(2)19-9-16-11-12(20)17-14-15-7-8-18(14)13(11)19/h7-10H,3-6H2,1-2H3,(H,15,17,20). The SMILES string of the molecule is CCCCCC(C)n1cnc2c(=O)[nH]c3nccn3c21.